The summed E-state index contributed by atoms with van der Waals surface area (Å²) < 4.78 is 50.8. The maximum atomic E-state index is 13.7. The molecule has 0 fully saturated rings. The van der Waals surface area contributed by atoms with Gasteiger partial charge in [-0.25, -0.2) is 13.2 Å². The molecule has 0 atom stereocenters. The Balaban J connectivity index is 2.01. The zero-order valence-electron chi connectivity index (χ0n) is 16.9. The third-order valence-electron chi connectivity index (χ3n) is 4.16. The average Bonchev–Trinajstić information content (AvgIpc) is 2.72. The van der Waals surface area contributed by atoms with Crippen molar-refractivity contribution in [2.75, 3.05) is 32.1 Å². The number of hydrogen-bond acceptors (Lipinski definition) is 4. The van der Waals surface area contributed by atoms with Crippen LogP contribution in [0.2, 0.25) is 0 Å². The van der Waals surface area contributed by atoms with Crippen LogP contribution in [-0.4, -0.2) is 43.5 Å². The minimum Gasteiger partial charge on any atom is -0.493 e. The summed E-state index contributed by atoms with van der Waals surface area (Å²) in [7, 11) is 1.48. The number of methoxy groups -OCH3 is 1. The van der Waals surface area contributed by atoms with Gasteiger partial charge in [0, 0.05) is 6.54 Å². The van der Waals surface area contributed by atoms with Gasteiger partial charge in [-0.3, -0.25) is 9.59 Å². The van der Waals surface area contributed by atoms with Crippen LogP contribution in [0.15, 0.2) is 30.3 Å². The molecule has 0 aliphatic heterocycles. The first-order valence-electron chi connectivity index (χ1n) is 9.25. The van der Waals surface area contributed by atoms with Crippen molar-refractivity contribution < 1.29 is 32.2 Å². The van der Waals surface area contributed by atoms with Crippen molar-refractivity contribution in [3.8, 4) is 11.5 Å². The molecule has 0 spiro atoms. The van der Waals surface area contributed by atoms with Crippen LogP contribution in [0.25, 0.3) is 0 Å². The number of nitrogens with zero attached hydrogens (tertiary/aromatic N) is 1. The molecule has 0 aliphatic carbocycles. The molecule has 6 nitrogen and oxygen atoms in total. The van der Waals surface area contributed by atoms with Crippen LogP contribution < -0.4 is 14.8 Å². The van der Waals surface area contributed by atoms with E-state index in [1.165, 1.54) is 12.0 Å². The van der Waals surface area contributed by atoms with E-state index in [4.69, 9.17) is 9.47 Å². The second-order valence-electron chi connectivity index (χ2n) is 6.53. The fourth-order valence-electron chi connectivity index (χ4n) is 2.67. The standard InChI is InChI=1S/C21H23F3N2O4/c1-4-9-26(11-18(27)25-15-7-6-14(22)20(23)21(15)24)19(28)12-30-16-8-5-13(2)10-17(16)29-3/h5-8,10H,4,9,11-12H2,1-3H3,(H,25,27). The van der Waals surface area contributed by atoms with Crippen LogP contribution >= 0.6 is 0 Å². The Morgan fingerprint density at radius 2 is 1.80 bits per heavy atom. The molecule has 2 rings (SSSR count). The predicted octanol–water partition coefficient (Wildman–Crippen LogP) is 3.68. The molecule has 0 bridgehead atoms. The Bertz CT molecular complexity index is 921. The van der Waals surface area contributed by atoms with Crippen molar-refractivity contribution in [1.82, 2.24) is 4.90 Å². The summed E-state index contributed by atoms with van der Waals surface area (Å²) in [5, 5.41) is 2.14. The van der Waals surface area contributed by atoms with E-state index in [2.05, 4.69) is 5.32 Å². The zero-order chi connectivity index (χ0) is 22.3. The highest BCUT2D eigenvalue weighted by Gasteiger charge is 2.20. The zero-order valence-corrected chi connectivity index (χ0v) is 16.9. The van der Waals surface area contributed by atoms with Crippen LogP contribution in [0.5, 0.6) is 11.5 Å². The molecule has 162 valence electrons. The Labute approximate surface area is 172 Å². The van der Waals surface area contributed by atoms with Gasteiger partial charge in [-0.15, -0.1) is 0 Å². The summed E-state index contributed by atoms with van der Waals surface area (Å²) in [6, 6.07) is 6.84. The number of rotatable bonds is 9. The van der Waals surface area contributed by atoms with Crippen molar-refractivity contribution in [3.63, 3.8) is 0 Å². The van der Waals surface area contributed by atoms with Gasteiger partial charge < -0.3 is 19.7 Å². The van der Waals surface area contributed by atoms with E-state index in [-0.39, 0.29) is 13.2 Å². The van der Waals surface area contributed by atoms with Gasteiger partial charge in [0.15, 0.2) is 35.6 Å². The summed E-state index contributed by atoms with van der Waals surface area (Å²) in [6.45, 7) is 3.21. The first-order valence-corrected chi connectivity index (χ1v) is 9.25. The molecule has 0 unspecified atom stereocenters. The first kappa shape index (κ1) is 23.1. The maximum Gasteiger partial charge on any atom is 0.260 e. The predicted molar refractivity (Wildman–Crippen MR) is 105 cm³/mol. The van der Waals surface area contributed by atoms with E-state index in [0.29, 0.717) is 24.0 Å². The molecule has 0 radical (unpaired) electrons. The molecule has 0 heterocycles. The molecule has 2 aromatic carbocycles. The van der Waals surface area contributed by atoms with Gasteiger partial charge in [0.2, 0.25) is 5.91 Å². The average molecular weight is 424 g/mol. The van der Waals surface area contributed by atoms with Crippen molar-refractivity contribution in [2.24, 2.45) is 0 Å². The smallest absolute Gasteiger partial charge is 0.260 e. The van der Waals surface area contributed by atoms with Gasteiger partial charge in [0.25, 0.3) is 5.91 Å². The number of carbonyl (C=O) groups excluding carboxylic acids is 2. The fourth-order valence-corrected chi connectivity index (χ4v) is 2.67. The normalized spacial score (nSPS) is 10.5. The quantitative estimate of drug-likeness (QED) is 0.624. The van der Waals surface area contributed by atoms with Crippen LogP contribution in [-0.2, 0) is 9.59 Å². The highest BCUT2D eigenvalue weighted by Crippen LogP contribution is 2.27. The third kappa shape index (κ3) is 5.88. The van der Waals surface area contributed by atoms with E-state index in [9.17, 15) is 22.8 Å². The number of amides is 2. The van der Waals surface area contributed by atoms with Gasteiger partial charge in [-0.05, 0) is 43.2 Å². The number of nitrogens with one attached hydrogen (secondary N) is 1. The first-order chi connectivity index (χ1) is 14.3. The highest BCUT2D eigenvalue weighted by atomic mass is 19.2. The minimum atomic E-state index is -1.69. The summed E-state index contributed by atoms with van der Waals surface area (Å²) in [5.41, 5.74) is 0.447. The number of carbonyl (C=O) groups is 2. The largest absolute Gasteiger partial charge is 0.493 e. The van der Waals surface area contributed by atoms with Crippen molar-refractivity contribution in [1.29, 1.82) is 0 Å². The minimum absolute atomic E-state index is 0.251. The van der Waals surface area contributed by atoms with Crippen LogP contribution in [0, 0.1) is 24.4 Å². The van der Waals surface area contributed by atoms with E-state index >= 15 is 0 Å². The summed E-state index contributed by atoms with van der Waals surface area (Å²) >= 11 is 0. The Kier molecular flexibility index (Phi) is 8.08. The lowest BCUT2D eigenvalue weighted by molar-refractivity contribution is -0.136. The lowest BCUT2D eigenvalue weighted by atomic mass is 10.2. The highest BCUT2D eigenvalue weighted by molar-refractivity contribution is 5.94. The van der Waals surface area contributed by atoms with E-state index < -0.39 is 41.5 Å². The number of hydrogen-bond donors (Lipinski definition) is 1. The second kappa shape index (κ2) is 10.5. The number of aryl methyl sites for hydroxylation is 1. The second-order valence-corrected chi connectivity index (χ2v) is 6.53. The van der Waals surface area contributed by atoms with E-state index in [1.54, 1.807) is 18.2 Å². The number of anilines is 1. The number of halogens is 3. The van der Waals surface area contributed by atoms with Crippen molar-refractivity contribution >= 4 is 17.5 Å². The molecule has 2 amide bonds. The molecule has 1 N–H and O–H groups in total. The fraction of sp³-hybridized carbons (Fsp3) is 0.333. The molecule has 0 aliphatic rings. The van der Waals surface area contributed by atoms with E-state index in [1.807, 2.05) is 13.8 Å². The van der Waals surface area contributed by atoms with Gasteiger partial charge in [-0.1, -0.05) is 13.0 Å². The van der Waals surface area contributed by atoms with Crippen LogP contribution in [0.1, 0.15) is 18.9 Å². The third-order valence-corrected chi connectivity index (χ3v) is 4.16. The summed E-state index contributed by atoms with van der Waals surface area (Å²) in [5.74, 6) is -4.94. The van der Waals surface area contributed by atoms with Gasteiger partial charge in [0.05, 0.1) is 19.3 Å². The van der Waals surface area contributed by atoms with Gasteiger partial charge in [-0.2, -0.15) is 0 Å². The Morgan fingerprint density at radius 1 is 1.07 bits per heavy atom. The molecular formula is C21H23F3N2O4. The molecule has 0 aromatic heterocycles. The summed E-state index contributed by atoms with van der Waals surface area (Å²) in [4.78, 5) is 26.0. The van der Waals surface area contributed by atoms with Crippen molar-refractivity contribution in [3.05, 3.63) is 53.3 Å². The molecule has 9 heteroatoms. The molecule has 0 saturated heterocycles. The van der Waals surface area contributed by atoms with Crippen LogP contribution in [0.3, 0.4) is 0 Å². The Morgan fingerprint density at radius 3 is 2.47 bits per heavy atom. The molecule has 2 aromatic rings. The Hall–Kier alpha value is -3.23. The number of ether oxygens (including phenoxy) is 2. The molecule has 0 saturated carbocycles. The SMILES string of the molecule is CCCN(CC(=O)Nc1ccc(F)c(F)c1F)C(=O)COc1ccc(C)cc1OC. The van der Waals surface area contributed by atoms with Gasteiger partial charge >= 0.3 is 0 Å². The van der Waals surface area contributed by atoms with Crippen LogP contribution in [0.4, 0.5) is 18.9 Å². The monoisotopic (exact) mass is 424 g/mol. The maximum absolute atomic E-state index is 13.7. The summed E-state index contributed by atoms with van der Waals surface area (Å²) in [6.07, 6.45) is 0.562. The van der Waals surface area contributed by atoms with E-state index in [0.717, 1.165) is 11.6 Å². The molecule has 30 heavy (non-hydrogen) atoms. The molecular weight excluding hydrogens is 401 g/mol. The number of benzene rings is 2. The van der Waals surface area contributed by atoms with Crippen molar-refractivity contribution in [2.45, 2.75) is 20.3 Å². The topological polar surface area (TPSA) is 67.9 Å². The lowest BCUT2D eigenvalue weighted by Gasteiger charge is -2.22. The van der Waals surface area contributed by atoms with Gasteiger partial charge in [0.1, 0.15) is 0 Å². The lowest BCUT2D eigenvalue weighted by Crippen LogP contribution is -2.41.